The van der Waals surface area contributed by atoms with Gasteiger partial charge in [0.2, 0.25) is 0 Å². The molecule has 1 rings (SSSR count). The van der Waals surface area contributed by atoms with Crippen LogP contribution < -0.4 is 11.1 Å². The number of carbonyl (C=O) groups is 1. The van der Waals surface area contributed by atoms with E-state index >= 15 is 0 Å². The molecule has 1 fully saturated rings. The van der Waals surface area contributed by atoms with E-state index in [1.54, 1.807) is 0 Å². The lowest BCUT2D eigenvalue weighted by Gasteiger charge is -2.36. The molecular formula is C9H19N3O. The van der Waals surface area contributed by atoms with Gasteiger partial charge in [-0.15, -0.1) is 0 Å². The number of primary amides is 1. The topological polar surface area (TPSA) is 58.4 Å². The van der Waals surface area contributed by atoms with Crippen LogP contribution in [0.4, 0.5) is 4.79 Å². The molecule has 1 saturated carbocycles. The molecule has 13 heavy (non-hydrogen) atoms. The van der Waals surface area contributed by atoms with Gasteiger partial charge in [-0.1, -0.05) is 12.8 Å². The van der Waals surface area contributed by atoms with Crippen LogP contribution in [0.25, 0.3) is 0 Å². The summed E-state index contributed by atoms with van der Waals surface area (Å²) in [6, 6.07) is -0.423. The Morgan fingerprint density at radius 3 is 2.38 bits per heavy atom. The van der Waals surface area contributed by atoms with Crippen molar-refractivity contribution >= 4 is 6.03 Å². The molecule has 4 heteroatoms. The molecule has 0 radical (unpaired) electrons. The molecule has 0 saturated heterocycles. The molecule has 0 aromatic heterocycles. The lowest BCUT2D eigenvalue weighted by Crippen LogP contribution is -2.51. The molecule has 76 valence electrons. The van der Waals surface area contributed by atoms with Crippen LogP contribution in [0.2, 0.25) is 0 Å². The van der Waals surface area contributed by atoms with E-state index in [0.29, 0.717) is 6.54 Å². The molecule has 3 N–H and O–H groups in total. The molecule has 0 bridgehead atoms. The molecule has 0 spiro atoms. The zero-order valence-corrected chi connectivity index (χ0v) is 8.47. The second-order valence-electron chi connectivity index (χ2n) is 4.04. The molecule has 0 aliphatic heterocycles. The largest absolute Gasteiger partial charge is 0.352 e. The fourth-order valence-corrected chi connectivity index (χ4v) is 2.07. The van der Waals surface area contributed by atoms with E-state index in [9.17, 15) is 4.79 Å². The Morgan fingerprint density at radius 1 is 1.46 bits per heavy atom. The van der Waals surface area contributed by atoms with Gasteiger partial charge in [0, 0.05) is 12.1 Å². The summed E-state index contributed by atoms with van der Waals surface area (Å²) in [5, 5.41) is 2.71. The third-order valence-corrected chi connectivity index (χ3v) is 3.07. The SMILES string of the molecule is CN(C)C1(CNC(N)=O)CCCC1. The highest BCUT2D eigenvalue weighted by atomic mass is 16.2. The Kier molecular flexibility index (Phi) is 3.14. The fraction of sp³-hybridized carbons (Fsp3) is 0.889. The maximum atomic E-state index is 10.6. The van der Waals surface area contributed by atoms with Gasteiger partial charge in [0.05, 0.1) is 0 Å². The standard InChI is InChI=1S/C9H19N3O/c1-12(2)9(5-3-4-6-9)7-11-8(10)13/h3-7H2,1-2H3,(H3,10,11,13). The van der Waals surface area contributed by atoms with E-state index in [0.717, 1.165) is 12.8 Å². The second kappa shape index (κ2) is 3.96. The first-order valence-corrected chi connectivity index (χ1v) is 4.78. The number of rotatable bonds is 3. The van der Waals surface area contributed by atoms with E-state index in [4.69, 9.17) is 5.73 Å². The number of urea groups is 1. The first-order valence-electron chi connectivity index (χ1n) is 4.78. The van der Waals surface area contributed by atoms with Gasteiger partial charge in [0.25, 0.3) is 0 Å². The lowest BCUT2D eigenvalue weighted by atomic mass is 9.96. The minimum Gasteiger partial charge on any atom is -0.352 e. The first kappa shape index (κ1) is 10.3. The molecule has 4 nitrogen and oxygen atoms in total. The Hall–Kier alpha value is -0.770. The molecule has 2 amide bonds. The van der Waals surface area contributed by atoms with Crippen molar-refractivity contribution in [2.24, 2.45) is 5.73 Å². The monoisotopic (exact) mass is 185 g/mol. The van der Waals surface area contributed by atoms with Gasteiger partial charge < -0.3 is 16.0 Å². The van der Waals surface area contributed by atoms with Crippen molar-refractivity contribution in [3.8, 4) is 0 Å². The predicted molar refractivity (Wildman–Crippen MR) is 52.5 cm³/mol. The summed E-state index contributed by atoms with van der Waals surface area (Å²) in [6.45, 7) is 0.676. The number of likely N-dealkylation sites (N-methyl/N-ethyl adjacent to an activating group) is 1. The van der Waals surface area contributed by atoms with Crippen LogP contribution in [0.15, 0.2) is 0 Å². The normalized spacial score (nSPS) is 20.5. The quantitative estimate of drug-likeness (QED) is 0.674. The van der Waals surface area contributed by atoms with Crippen LogP contribution in [-0.2, 0) is 0 Å². The Balaban J connectivity index is 2.52. The molecule has 0 aromatic carbocycles. The van der Waals surface area contributed by atoms with Crippen LogP contribution >= 0.6 is 0 Å². The van der Waals surface area contributed by atoms with Crippen molar-refractivity contribution in [1.82, 2.24) is 10.2 Å². The highest BCUT2D eigenvalue weighted by molar-refractivity contribution is 5.71. The van der Waals surface area contributed by atoms with E-state index < -0.39 is 6.03 Å². The van der Waals surface area contributed by atoms with Crippen molar-refractivity contribution in [3.05, 3.63) is 0 Å². The molecule has 0 atom stereocenters. The van der Waals surface area contributed by atoms with E-state index in [1.807, 2.05) is 0 Å². The average Bonchev–Trinajstić information content (AvgIpc) is 2.50. The zero-order valence-electron chi connectivity index (χ0n) is 8.47. The summed E-state index contributed by atoms with van der Waals surface area (Å²) in [5.41, 5.74) is 5.21. The summed E-state index contributed by atoms with van der Waals surface area (Å²) in [5.74, 6) is 0. The molecular weight excluding hydrogens is 166 g/mol. The predicted octanol–water partition coefficient (Wildman–Crippen LogP) is 0.529. The Morgan fingerprint density at radius 2 is 2.00 bits per heavy atom. The summed E-state index contributed by atoms with van der Waals surface area (Å²) < 4.78 is 0. The van der Waals surface area contributed by atoms with E-state index in [-0.39, 0.29) is 5.54 Å². The number of nitrogens with one attached hydrogen (secondary N) is 1. The van der Waals surface area contributed by atoms with Crippen molar-refractivity contribution in [2.45, 2.75) is 31.2 Å². The minimum atomic E-state index is -0.423. The fourth-order valence-electron chi connectivity index (χ4n) is 2.07. The van der Waals surface area contributed by atoms with Crippen molar-refractivity contribution in [2.75, 3.05) is 20.6 Å². The van der Waals surface area contributed by atoms with E-state index in [2.05, 4.69) is 24.3 Å². The second-order valence-corrected chi connectivity index (χ2v) is 4.04. The summed E-state index contributed by atoms with van der Waals surface area (Å²) >= 11 is 0. The smallest absolute Gasteiger partial charge is 0.312 e. The summed E-state index contributed by atoms with van der Waals surface area (Å²) in [7, 11) is 4.13. The van der Waals surface area contributed by atoms with Gasteiger partial charge in [-0.3, -0.25) is 0 Å². The van der Waals surface area contributed by atoms with E-state index in [1.165, 1.54) is 12.8 Å². The van der Waals surface area contributed by atoms with Gasteiger partial charge in [-0.2, -0.15) is 0 Å². The summed E-state index contributed by atoms with van der Waals surface area (Å²) in [4.78, 5) is 12.8. The Labute approximate surface area is 79.5 Å². The molecule has 0 unspecified atom stereocenters. The van der Waals surface area contributed by atoms with Crippen molar-refractivity contribution in [3.63, 3.8) is 0 Å². The first-order chi connectivity index (χ1) is 6.07. The van der Waals surface area contributed by atoms with Crippen LogP contribution in [0.1, 0.15) is 25.7 Å². The highest BCUT2D eigenvalue weighted by Crippen LogP contribution is 2.32. The number of nitrogens with zero attached hydrogens (tertiary/aromatic N) is 1. The van der Waals surface area contributed by atoms with Crippen LogP contribution in [0.3, 0.4) is 0 Å². The lowest BCUT2D eigenvalue weighted by molar-refractivity contribution is 0.155. The number of carbonyl (C=O) groups excluding carboxylic acids is 1. The maximum absolute atomic E-state index is 10.6. The Bertz CT molecular complexity index is 185. The van der Waals surface area contributed by atoms with Gasteiger partial charge in [-0.05, 0) is 26.9 Å². The highest BCUT2D eigenvalue weighted by Gasteiger charge is 2.35. The van der Waals surface area contributed by atoms with Gasteiger partial charge in [0.15, 0.2) is 0 Å². The number of amides is 2. The molecule has 1 aliphatic rings. The molecule has 0 aromatic rings. The number of hydrogen-bond acceptors (Lipinski definition) is 2. The minimum absolute atomic E-state index is 0.148. The third-order valence-electron chi connectivity index (χ3n) is 3.07. The zero-order chi connectivity index (χ0) is 9.90. The van der Waals surface area contributed by atoms with Crippen LogP contribution in [0.5, 0.6) is 0 Å². The van der Waals surface area contributed by atoms with Gasteiger partial charge in [-0.25, -0.2) is 4.79 Å². The van der Waals surface area contributed by atoms with Crippen LogP contribution in [-0.4, -0.2) is 37.1 Å². The molecule has 0 heterocycles. The summed E-state index contributed by atoms with van der Waals surface area (Å²) in [6.07, 6.45) is 4.80. The molecule has 1 aliphatic carbocycles. The number of hydrogen-bond donors (Lipinski definition) is 2. The van der Waals surface area contributed by atoms with Gasteiger partial charge >= 0.3 is 6.03 Å². The number of nitrogens with two attached hydrogens (primary N) is 1. The van der Waals surface area contributed by atoms with Gasteiger partial charge in [0.1, 0.15) is 0 Å². The maximum Gasteiger partial charge on any atom is 0.312 e. The van der Waals surface area contributed by atoms with Crippen LogP contribution in [0, 0.1) is 0 Å². The average molecular weight is 185 g/mol. The van der Waals surface area contributed by atoms with Crippen molar-refractivity contribution in [1.29, 1.82) is 0 Å². The third kappa shape index (κ3) is 2.34. The van der Waals surface area contributed by atoms with Crippen molar-refractivity contribution < 1.29 is 4.79 Å².